The molecule has 0 aliphatic heterocycles. The molecule has 0 fully saturated rings. The Morgan fingerprint density at radius 3 is 2.30 bits per heavy atom. The van der Waals surface area contributed by atoms with Crippen molar-refractivity contribution < 1.29 is 14.2 Å². The van der Waals surface area contributed by atoms with Crippen molar-refractivity contribution in [3.63, 3.8) is 0 Å². The second-order valence-corrected chi connectivity index (χ2v) is 22.5. The predicted octanol–water partition coefficient (Wildman–Crippen LogP) is 5.52. The van der Waals surface area contributed by atoms with Crippen LogP contribution >= 0.6 is 11.5 Å². The maximum Gasteiger partial charge on any atom is 0.263 e. The fourth-order valence-corrected chi connectivity index (χ4v) is 5.10. The van der Waals surface area contributed by atoms with Crippen LogP contribution in [0.1, 0.15) is 0 Å². The van der Waals surface area contributed by atoms with Crippen LogP contribution in [0.2, 0.25) is 51.4 Å². The Bertz CT molecular complexity index is 1110. The highest BCUT2D eigenvalue weighted by Gasteiger charge is 2.16. The molecule has 3 aromatic rings. The van der Waals surface area contributed by atoms with Crippen LogP contribution in [0.4, 0.5) is 0 Å². The maximum absolute atomic E-state index is 13.2. The Hall–Kier alpha value is -1.86. The lowest BCUT2D eigenvalue weighted by atomic mass is 10.1. The van der Waals surface area contributed by atoms with Gasteiger partial charge in [-0.15, -0.1) is 0 Å². The standard InChI is InChI=1S/C23H35N3O4SSi2/c1-32(2,3)9-7-28-16-26-15-24-22-20(23(26)27)11-18(19-13-25-31-14-19)12-21(22)30-17-29-8-10-33(4,5)6/h11-15H,7-10,16-17H2,1-6H3. The number of hydrogen-bond donors (Lipinski definition) is 0. The van der Waals surface area contributed by atoms with Crippen LogP contribution in [0, 0.1) is 0 Å². The maximum atomic E-state index is 13.2. The average Bonchev–Trinajstić information content (AvgIpc) is 3.25. The van der Waals surface area contributed by atoms with Gasteiger partial charge in [-0.25, -0.2) is 9.36 Å². The molecule has 2 heterocycles. The van der Waals surface area contributed by atoms with Crippen molar-refractivity contribution in [3.05, 3.63) is 40.4 Å². The Balaban J connectivity index is 1.82. The van der Waals surface area contributed by atoms with Crippen LogP contribution in [0.15, 0.2) is 34.8 Å². The molecular formula is C23H35N3O4SSi2. The van der Waals surface area contributed by atoms with E-state index in [0.717, 1.165) is 23.2 Å². The zero-order chi connectivity index (χ0) is 24.1. The van der Waals surface area contributed by atoms with Crippen LogP contribution in [-0.2, 0) is 16.2 Å². The summed E-state index contributed by atoms with van der Waals surface area (Å²) in [6.07, 6.45) is 3.32. The van der Waals surface area contributed by atoms with Crippen molar-refractivity contribution in [2.75, 3.05) is 20.0 Å². The zero-order valence-corrected chi connectivity index (χ0v) is 23.3. The summed E-state index contributed by atoms with van der Waals surface area (Å²) in [6, 6.07) is 5.87. The molecular weight excluding hydrogens is 471 g/mol. The fourth-order valence-electron chi connectivity index (χ4n) is 3.04. The Morgan fingerprint density at radius 1 is 0.970 bits per heavy atom. The molecule has 3 rings (SSSR count). The molecule has 7 nitrogen and oxygen atoms in total. The highest BCUT2D eigenvalue weighted by Crippen LogP contribution is 2.30. The van der Waals surface area contributed by atoms with Gasteiger partial charge < -0.3 is 14.2 Å². The molecule has 0 unspecified atom stereocenters. The van der Waals surface area contributed by atoms with Gasteiger partial charge in [0.1, 0.15) is 24.3 Å². The third-order valence-corrected chi connectivity index (χ3v) is 9.17. The molecule has 0 N–H and O–H groups in total. The van der Waals surface area contributed by atoms with Gasteiger partial charge in [-0.2, -0.15) is 0 Å². The van der Waals surface area contributed by atoms with Gasteiger partial charge in [0.25, 0.3) is 5.56 Å². The Labute approximate surface area is 201 Å². The molecule has 0 aliphatic carbocycles. The second-order valence-electron chi connectivity index (χ2n) is 10.6. The summed E-state index contributed by atoms with van der Waals surface area (Å²) in [5, 5.41) is 2.44. The first-order valence-corrected chi connectivity index (χ1v) is 19.5. The van der Waals surface area contributed by atoms with Crippen LogP contribution in [0.5, 0.6) is 5.75 Å². The molecule has 0 amide bonds. The van der Waals surface area contributed by atoms with Crippen molar-refractivity contribution in [3.8, 4) is 16.9 Å². The predicted molar refractivity (Wildman–Crippen MR) is 141 cm³/mol. The molecule has 0 spiro atoms. The second kappa shape index (κ2) is 11.0. The number of fused-ring (bicyclic) bond motifs is 1. The minimum absolute atomic E-state index is 0.121. The first-order valence-electron chi connectivity index (χ1n) is 11.2. The van der Waals surface area contributed by atoms with Crippen LogP contribution in [-0.4, -0.2) is 50.1 Å². The average molecular weight is 506 g/mol. The van der Waals surface area contributed by atoms with Crippen molar-refractivity contribution in [2.45, 2.75) is 58.1 Å². The molecule has 33 heavy (non-hydrogen) atoms. The molecule has 0 bridgehead atoms. The summed E-state index contributed by atoms with van der Waals surface area (Å²) in [5.41, 5.74) is 2.18. The lowest BCUT2D eigenvalue weighted by Crippen LogP contribution is -2.25. The SMILES string of the molecule is C[Si](C)(C)CCOCOc1cc(-c2cnsc2)cc2c(=O)n(COCC[Si](C)(C)C)cnc12. The third-order valence-electron chi connectivity index (χ3n) is 5.18. The van der Waals surface area contributed by atoms with Crippen molar-refractivity contribution >= 4 is 38.6 Å². The van der Waals surface area contributed by atoms with Crippen LogP contribution in [0.3, 0.4) is 0 Å². The van der Waals surface area contributed by atoms with Gasteiger partial charge >= 0.3 is 0 Å². The lowest BCUT2D eigenvalue weighted by Gasteiger charge is -2.17. The van der Waals surface area contributed by atoms with Gasteiger partial charge in [-0.05, 0) is 41.3 Å². The van der Waals surface area contributed by atoms with Crippen molar-refractivity contribution in [1.82, 2.24) is 13.9 Å². The highest BCUT2D eigenvalue weighted by atomic mass is 32.1. The molecule has 0 aliphatic rings. The summed E-state index contributed by atoms with van der Waals surface area (Å²) < 4.78 is 23.1. The summed E-state index contributed by atoms with van der Waals surface area (Å²) >= 11 is 1.37. The number of rotatable bonds is 12. The van der Waals surface area contributed by atoms with Gasteiger partial charge in [-0.1, -0.05) is 39.3 Å². The van der Waals surface area contributed by atoms with Gasteiger partial charge in [0, 0.05) is 46.5 Å². The van der Waals surface area contributed by atoms with E-state index in [1.165, 1.54) is 22.4 Å². The van der Waals surface area contributed by atoms with Crippen molar-refractivity contribution in [1.29, 1.82) is 0 Å². The number of aromatic nitrogens is 3. The normalized spacial score (nSPS) is 12.4. The molecule has 0 saturated carbocycles. The minimum Gasteiger partial charge on any atom is -0.465 e. The van der Waals surface area contributed by atoms with Crippen molar-refractivity contribution in [2.24, 2.45) is 0 Å². The Morgan fingerprint density at radius 2 is 1.67 bits per heavy atom. The van der Waals surface area contributed by atoms with E-state index in [1.807, 2.05) is 17.5 Å². The summed E-state index contributed by atoms with van der Waals surface area (Å²) in [5.74, 6) is 0.533. The van der Waals surface area contributed by atoms with Crippen LogP contribution in [0.25, 0.3) is 22.0 Å². The molecule has 0 atom stereocenters. The topological polar surface area (TPSA) is 75.5 Å². The Kier molecular flexibility index (Phi) is 8.62. The minimum atomic E-state index is -1.19. The van der Waals surface area contributed by atoms with E-state index in [2.05, 4.69) is 48.6 Å². The smallest absolute Gasteiger partial charge is 0.263 e. The van der Waals surface area contributed by atoms with E-state index in [-0.39, 0.29) is 19.1 Å². The summed E-state index contributed by atoms with van der Waals surface area (Å²) in [7, 11) is -2.35. The molecule has 0 radical (unpaired) electrons. The van der Waals surface area contributed by atoms with E-state index in [0.29, 0.717) is 29.9 Å². The van der Waals surface area contributed by atoms with Gasteiger partial charge in [0.05, 0.1) is 5.39 Å². The quantitative estimate of drug-likeness (QED) is 0.183. The summed E-state index contributed by atoms with van der Waals surface area (Å²) in [6.45, 7) is 15.5. The zero-order valence-electron chi connectivity index (χ0n) is 20.5. The molecule has 180 valence electrons. The molecule has 0 saturated heterocycles. The summed E-state index contributed by atoms with van der Waals surface area (Å²) in [4.78, 5) is 17.8. The highest BCUT2D eigenvalue weighted by molar-refractivity contribution is 7.03. The van der Waals surface area contributed by atoms with Gasteiger partial charge in [0.15, 0.2) is 6.79 Å². The molecule has 1 aromatic carbocycles. The number of ether oxygens (including phenoxy) is 3. The van der Waals surface area contributed by atoms with E-state index < -0.39 is 16.1 Å². The van der Waals surface area contributed by atoms with Gasteiger partial charge in [0.2, 0.25) is 0 Å². The number of hydrogen-bond acceptors (Lipinski definition) is 7. The van der Waals surface area contributed by atoms with Crippen LogP contribution < -0.4 is 10.3 Å². The number of nitrogens with zero attached hydrogens (tertiary/aromatic N) is 3. The first kappa shape index (κ1) is 25.8. The first-order chi connectivity index (χ1) is 15.5. The van der Waals surface area contributed by atoms with E-state index in [9.17, 15) is 4.79 Å². The molecule has 2 aromatic heterocycles. The number of benzene rings is 1. The third kappa shape index (κ3) is 7.85. The largest absolute Gasteiger partial charge is 0.465 e. The molecule has 10 heteroatoms. The van der Waals surface area contributed by atoms with E-state index in [4.69, 9.17) is 14.2 Å². The lowest BCUT2D eigenvalue weighted by molar-refractivity contribution is 0.0228. The monoisotopic (exact) mass is 505 g/mol. The van der Waals surface area contributed by atoms with E-state index in [1.54, 1.807) is 6.20 Å². The fraction of sp³-hybridized carbons (Fsp3) is 0.522. The van der Waals surface area contributed by atoms with E-state index >= 15 is 0 Å². The van der Waals surface area contributed by atoms with Gasteiger partial charge in [-0.3, -0.25) is 9.36 Å².